The van der Waals surface area contributed by atoms with Gasteiger partial charge in [0.05, 0.1) is 20.6 Å². The Morgan fingerprint density at radius 3 is 2.13 bits per heavy atom. The second-order valence-corrected chi connectivity index (χ2v) is 7.60. The van der Waals surface area contributed by atoms with Gasteiger partial charge in [0.15, 0.2) is 5.69 Å². The zero-order valence-corrected chi connectivity index (χ0v) is 19.1. The number of nitrogens with zero attached hydrogens (tertiary/aromatic N) is 4. The number of amides is 1. The van der Waals surface area contributed by atoms with Crippen LogP contribution >= 0.6 is 0 Å². The lowest BCUT2D eigenvalue weighted by Crippen LogP contribution is -2.42. The van der Waals surface area contributed by atoms with Crippen LogP contribution in [0.2, 0.25) is 0 Å². The molecule has 1 aliphatic heterocycles. The van der Waals surface area contributed by atoms with Gasteiger partial charge in [0.25, 0.3) is 0 Å². The number of methoxy groups -OCH3 is 2. The van der Waals surface area contributed by atoms with Gasteiger partial charge in [-0.15, -0.1) is 10.2 Å². The van der Waals surface area contributed by atoms with Gasteiger partial charge in [-0.25, -0.2) is 5.53 Å². The third kappa shape index (κ3) is 8.95. The van der Waals surface area contributed by atoms with Gasteiger partial charge in [-0.1, -0.05) is 64.7 Å². The van der Waals surface area contributed by atoms with Crippen LogP contribution in [0.15, 0.2) is 11.4 Å². The summed E-state index contributed by atoms with van der Waals surface area (Å²) in [7, 11) is 2.94. The molecule has 0 aliphatic carbocycles. The molecular formula is C21H37N7O3. The minimum atomic E-state index is -0.278. The molecule has 174 valence electrons. The Kier molecular flexibility index (Phi) is 11.4. The maximum absolute atomic E-state index is 12.4. The van der Waals surface area contributed by atoms with Crippen molar-refractivity contribution in [1.29, 1.82) is 0 Å². The molecule has 2 heterocycles. The van der Waals surface area contributed by atoms with Gasteiger partial charge in [0.2, 0.25) is 17.7 Å². The van der Waals surface area contributed by atoms with Crippen LogP contribution in [0.4, 0.5) is 5.69 Å². The summed E-state index contributed by atoms with van der Waals surface area (Å²) in [5.41, 5.74) is 6.32. The van der Waals surface area contributed by atoms with Crippen molar-refractivity contribution in [2.24, 2.45) is 5.10 Å². The molecule has 0 fully saturated rings. The highest BCUT2D eigenvalue weighted by Gasteiger charge is 2.20. The number of hydrogen-bond donors (Lipinski definition) is 3. The number of amidine groups is 1. The average Bonchev–Trinajstić information content (AvgIpc) is 3.22. The quantitative estimate of drug-likeness (QED) is 0.339. The highest BCUT2D eigenvalue weighted by Crippen LogP contribution is 2.29. The molecule has 10 heteroatoms. The molecule has 0 radical (unpaired) electrons. The van der Waals surface area contributed by atoms with Crippen molar-refractivity contribution in [3.63, 3.8) is 0 Å². The van der Waals surface area contributed by atoms with Crippen LogP contribution in [0.3, 0.4) is 0 Å². The highest BCUT2D eigenvalue weighted by molar-refractivity contribution is 6.06. The predicted octanol–water partition coefficient (Wildman–Crippen LogP) is 3.38. The Morgan fingerprint density at radius 1 is 0.968 bits per heavy atom. The monoisotopic (exact) mass is 435 g/mol. The molecule has 1 amide bonds. The van der Waals surface area contributed by atoms with Crippen molar-refractivity contribution in [1.82, 2.24) is 26.0 Å². The smallest absolute Gasteiger partial charge is 0.244 e. The summed E-state index contributed by atoms with van der Waals surface area (Å²) in [5.74, 6) is 0.740. The van der Waals surface area contributed by atoms with Gasteiger partial charge in [-0.05, 0) is 6.42 Å². The maximum atomic E-state index is 12.4. The van der Waals surface area contributed by atoms with Crippen molar-refractivity contribution in [2.45, 2.75) is 77.6 Å². The fourth-order valence-corrected chi connectivity index (χ4v) is 3.38. The Balaban J connectivity index is 1.59. The third-order valence-corrected chi connectivity index (χ3v) is 5.06. The van der Waals surface area contributed by atoms with E-state index in [2.05, 4.69) is 38.3 Å². The first-order chi connectivity index (χ1) is 15.2. The Bertz CT molecular complexity index is 677. The molecule has 1 aromatic heterocycles. The molecule has 0 aromatic carbocycles. The van der Waals surface area contributed by atoms with Gasteiger partial charge >= 0.3 is 0 Å². The molecule has 0 atom stereocenters. The predicted molar refractivity (Wildman–Crippen MR) is 121 cm³/mol. The number of hydrogen-bond acceptors (Lipinski definition) is 9. The number of carbonyl (C=O) groups is 1. The van der Waals surface area contributed by atoms with Crippen LogP contribution in [0.5, 0.6) is 11.8 Å². The molecule has 0 unspecified atom stereocenters. The summed E-state index contributed by atoms with van der Waals surface area (Å²) in [6.45, 7) is 3.07. The number of nitrogens with one attached hydrogen (secondary N) is 3. The molecule has 3 N–H and O–H groups in total. The lowest BCUT2D eigenvalue weighted by molar-refractivity contribution is -0.115. The molecule has 2 rings (SSSR count). The summed E-state index contributed by atoms with van der Waals surface area (Å²) in [5, 5.41) is 8.71. The topological polar surface area (TPSA) is 113 Å². The number of aromatic nitrogens is 2. The maximum Gasteiger partial charge on any atom is 0.244 e. The molecule has 1 aromatic rings. The van der Waals surface area contributed by atoms with Gasteiger partial charge in [-0.2, -0.15) is 9.97 Å². The molecule has 1 aliphatic rings. The van der Waals surface area contributed by atoms with Crippen LogP contribution in [0.1, 0.15) is 77.6 Å². The standard InChI is InChI=1S/C21H37N7O3/c1-4-5-6-7-8-9-10-11-12-13-14-28-26-17(25-27-28)15-18(29)24-19-20(30-2)22-16-23-21(19)31-3/h16,27H,4-15H2,1-3H3,(H,24,29)(H,25,26). The van der Waals surface area contributed by atoms with E-state index in [1.54, 1.807) is 5.12 Å². The largest absolute Gasteiger partial charge is 0.479 e. The van der Waals surface area contributed by atoms with Crippen LogP contribution in [0.25, 0.3) is 0 Å². The molecule has 10 nitrogen and oxygen atoms in total. The molecule has 31 heavy (non-hydrogen) atoms. The van der Waals surface area contributed by atoms with E-state index in [9.17, 15) is 4.79 Å². The Hall–Kier alpha value is -2.62. The molecule has 0 saturated carbocycles. The number of hydrazone groups is 1. The van der Waals surface area contributed by atoms with E-state index in [1.807, 2.05) is 0 Å². The van der Waals surface area contributed by atoms with E-state index in [1.165, 1.54) is 78.3 Å². The van der Waals surface area contributed by atoms with Crippen LogP contribution in [0, 0.1) is 0 Å². The zero-order chi connectivity index (χ0) is 22.3. The summed E-state index contributed by atoms with van der Waals surface area (Å²) >= 11 is 0. The number of carbonyl (C=O) groups excluding carboxylic acids is 1. The second kappa shape index (κ2) is 14.4. The van der Waals surface area contributed by atoms with Crippen LogP contribution < -0.4 is 25.8 Å². The average molecular weight is 436 g/mol. The van der Waals surface area contributed by atoms with E-state index < -0.39 is 0 Å². The first-order valence-corrected chi connectivity index (χ1v) is 11.3. The van der Waals surface area contributed by atoms with E-state index in [0.29, 0.717) is 11.5 Å². The van der Waals surface area contributed by atoms with Crippen molar-refractivity contribution in [3.8, 4) is 11.8 Å². The van der Waals surface area contributed by atoms with Crippen molar-refractivity contribution >= 4 is 17.4 Å². The van der Waals surface area contributed by atoms with E-state index in [0.717, 1.165) is 13.0 Å². The van der Waals surface area contributed by atoms with E-state index in [-0.39, 0.29) is 24.1 Å². The highest BCUT2D eigenvalue weighted by atomic mass is 16.5. The van der Waals surface area contributed by atoms with Crippen LogP contribution in [-0.2, 0) is 4.79 Å². The zero-order valence-electron chi connectivity index (χ0n) is 19.1. The first kappa shape index (κ1) is 24.6. The normalized spacial score (nSPS) is 13.3. The first-order valence-electron chi connectivity index (χ1n) is 11.3. The molecule has 0 bridgehead atoms. The third-order valence-electron chi connectivity index (χ3n) is 5.06. The van der Waals surface area contributed by atoms with Gasteiger partial charge in [-0.3, -0.25) is 10.2 Å². The van der Waals surface area contributed by atoms with Gasteiger partial charge in [0.1, 0.15) is 12.2 Å². The fraction of sp³-hybridized carbons (Fsp3) is 0.714. The molecule has 0 spiro atoms. The lowest BCUT2D eigenvalue weighted by Gasteiger charge is -2.15. The van der Waals surface area contributed by atoms with Crippen LogP contribution in [-0.4, -0.2) is 47.6 Å². The van der Waals surface area contributed by atoms with Crippen molar-refractivity contribution in [3.05, 3.63) is 6.33 Å². The minimum Gasteiger partial charge on any atom is -0.479 e. The van der Waals surface area contributed by atoms with Gasteiger partial charge < -0.3 is 14.8 Å². The minimum absolute atomic E-state index is 0.0722. The number of hydrazine groups is 2. The summed E-state index contributed by atoms with van der Waals surface area (Å²) in [6, 6.07) is 0. The fourth-order valence-electron chi connectivity index (χ4n) is 3.38. The second-order valence-electron chi connectivity index (χ2n) is 7.60. The SMILES string of the molecule is CCCCCCCCCCCCN1NN=C(CC(=O)Nc2c(OC)ncnc2OC)N1. The number of rotatable bonds is 16. The summed E-state index contributed by atoms with van der Waals surface area (Å²) < 4.78 is 10.3. The van der Waals surface area contributed by atoms with E-state index >= 15 is 0 Å². The Morgan fingerprint density at radius 2 is 1.55 bits per heavy atom. The van der Waals surface area contributed by atoms with E-state index in [4.69, 9.17) is 9.47 Å². The van der Waals surface area contributed by atoms with Crippen molar-refractivity contribution < 1.29 is 14.3 Å². The number of ether oxygens (including phenoxy) is 2. The van der Waals surface area contributed by atoms with Gasteiger partial charge in [0, 0.05) is 6.54 Å². The lowest BCUT2D eigenvalue weighted by atomic mass is 10.1. The summed E-state index contributed by atoms with van der Waals surface area (Å²) in [6.07, 6.45) is 14.3. The Labute approximate surface area is 185 Å². The number of anilines is 1. The molecule has 0 saturated heterocycles. The van der Waals surface area contributed by atoms with Crippen molar-refractivity contribution in [2.75, 3.05) is 26.1 Å². The summed E-state index contributed by atoms with van der Waals surface area (Å²) in [4.78, 5) is 20.4. The molecular weight excluding hydrogens is 398 g/mol. The number of unbranched alkanes of at least 4 members (excludes halogenated alkanes) is 9.